The molecular formula is C34H36O4. The van der Waals surface area contributed by atoms with Crippen molar-refractivity contribution in [1.82, 2.24) is 0 Å². The molecule has 1 spiro atoms. The summed E-state index contributed by atoms with van der Waals surface area (Å²) in [5, 5.41) is 24.5. The molecule has 4 aromatic carbocycles. The van der Waals surface area contributed by atoms with Crippen molar-refractivity contribution >= 4 is 10.8 Å². The van der Waals surface area contributed by atoms with Crippen molar-refractivity contribution in [1.29, 1.82) is 0 Å². The smallest absolute Gasteiger partial charge is 0.130 e. The van der Waals surface area contributed by atoms with Crippen LogP contribution in [0.1, 0.15) is 58.1 Å². The summed E-state index contributed by atoms with van der Waals surface area (Å²) in [6, 6.07) is 19.9. The Balaban J connectivity index is 1.64. The van der Waals surface area contributed by atoms with Gasteiger partial charge in [0.2, 0.25) is 0 Å². The summed E-state index contributed by atoms with van der Waals surface area (Å²) in [4.78, 5) is 0. The summed E-state index contributed by atoms with van der Waals surface area (Å²) in [5.74, 6) is 1.65. The molecule has 0 aromatic heterocycles. The Labute approximate surface area is 224 Å². The van der Waals surface area contributed by atoms with Gasteiger partial charge < -0.3 is 19.7 Å². The number of aromatic hydroxyl groups is 2. The maximum Gasteiger partial charge on any atom is 0.130 e. The standard InChI is InChI=1S/C34H36O4/c1-32(2)17-33(3,4)19-34(18-32)26-10-8-7-9-22(26)31-25-15-28(35)23(14-24(25)29(36)16-27(31)34)21-12-11-20(37-5)13-30(21)38-6/h7-16,35-36H,17-19H2,1-6H3. The maximum atomic E-state index is 11.5. The van der Waals surface area contributed by atoms with E-state index >= 15 is 0 Å². The molecule has 38 heavy (non-hydrogen) atoms. The van der Waals surface area contributed by atoms with Crippen LogP contribution in [0.15, 0.2) is 60.7 Å². The van der Waals surface area contributed by atoms with E-state index in [4.69, 9.17) is 9.47 Å². The highest BCUT2D eigenvalue weighted by Crippen LogP contribution is 2.65. The summed E-state index contributed by atoms with van der Waals surface area (Å²) < 4.78 is 11.0. The monoisotopic (exact) mass is 508 g/mol. The molecule has 0 radical (unpaired) electrons. The van der Waals surface area contributed by atoms with Crippen molar-refractivity contribution in [3.05, 3.63) is 71.8 Å². The Bertz CT molecular complexity index is 1580. The third-order valence-corrected chi connectivity index (χ3v) is 8.68. The van der Waals surface area contributed by atoms with E-state index in [2.05, 4.69) is 52.0 Å². The number of hydrogen-bond donors (Lipinski definition) is 2. The molecule has 4 nitrogen and oxygen atoms in total. The summed E-state index contributed by atoms with van der Waals surface area (Å²) in [6.45, 7) is 9.49. The van der Waals surface area contributed by atoms with Gasteiger partial charge in [-0.3, -0.25) is 0 Å². The average molecular weight is 509 g/mol. The third-order valence-electron chi connectivity index (χ3n) is 8.68. The van der Waals surface area contributed by atoms with Gasteiger partial charge >= 0.3 is 0 Å². The van der Waals surface area contributed by atoms with Crippen molar-refractivity contribution < 1.29 is 19.7 Å². The van der Waals surface area contributed by atoms with Gasteiger partial charge in [-0.05, 0) is 88.1 Å². The summed E-state index contributed by atoms with van der Waals surface area (Å²) in [7, 11) is 3.21. The average Bonchev–Trinajstić information content (AvgIpc) is 3.10. The highest BCUT2D eigenvalue weighted by Gasteiger charge is 2.53. The van der Waals surface area contributed by atoms with Crippen LogP contribution in [0.2, 0.25) is 0 Å². The predicted octanol–water partition coefficient (Wildman–Crippen LogP) is 8.44. The van der Waals surface area contributed by atoms with Crippen LogP contribution in [0.4, 0.5) is 0 Å². The first kappa shape index (κ1) is 24.7. The van der Waals surface area contributed by atoms with Gasteiger partial charge in [0, 0.05) is 28.0 Å². The fourth-order valence-electron chi connectivity index (χ4n) is 8.10. The van der Waals surface area contributed by atoms with Crippen molar-refractivity contribution in [3.8, 4) is 45.3 Å². The predicted molar refractivity (Wildman–Crippen MR) is 153 cm³/mol. The lowest BCUT2D eigenvalue weighted by Crippen LogP contribution is -2.43. The second-order valence-corrected chi connectivity index (χ2v) is 12.8. The molecule has 0 heterocycles. The van der Waals surface area contributed by atoms with Gasteiger partial charge in [-0.25, -0.2) is 0 Å². The lowest BCUT2D eigenvalue weighted by Gasteiger charge is -2.51. The van der Waals surface area contributed by atoms with Gasteiger partial charge in [0.25, 0.3) is 0 Å². The fourth-order valence-corrected chi connectivity index (χ4v) is 8.10. The molecular weight excluding hydrogens is 472 g/mol. The van der Waals surface area contributed by atoms with E-state index in [0.29, 0.717) is 17.1 Å². The SMILES string of the molecule is COc1ccc(-c2cc3c(O)cc4c(c3cc2O)-c2ccccc2C42CC(C)(C)CC(C)(C)C2)c(OC)c1. The van der Waals surface area contributed by atoms with Crippen LogP contribution in [0.5, 0.6) is 23.0 Å². The van der Waals surface area contributed by atoms with Gasteiger partial charge in [0.1, 0.15) is 23.0 Å². The highest BCUT2D eigenvalue weighted by molar-refractivity contribution is 6.07. The Morgan fingerprint density at radius 2 is 1.34 bits per heavy atom. The van der Waals surface area contributed by atoms with Gasteiger partial charge in [0.15, 0.2) is 0 Å². The molecule has 0 unspecified atom stereocenters. The molecule has 0 saturated heterocycles. The van der Waals surface area contributed by atoms with Gasteiger partial charge in [-0.1, -0.05) is 52.0 Å². The molecule has 6 rings (SSSR count). The molecule has 0 aliphatic heterocycles. The van der Waals surface area contributed by atoms with Crippen LogP contribution >= 0.6 is 0 Å². The minimum absolute atomic E-state index is 0.150. The van der Waals surface area contributed by atoms with Gasteiger partial charge in [0.05, 0.1) is 14.2 Å². The second kappa shape index (κ2) is 8.17. The molecule has 2 N–H and O–H groups in total. The Morgan fingerprint density at radius 3 is 2.03 bits per heavy atom. The molecule has 196 valence electrons. The maximum absolute atomic E-state index is 11.5. The van der Waals surface area contributed by atoms with Crippen LogP contribution in [-0.2, 0) is 5.41 Å². The number of fused-ring (bicyclic) bond motifs is 7. The Kier molecular flexibility index (Phi) is 5.30. The van der Waals surface area contributed by atoms with E-state index in [1.165, 1.54) is 16.7 Å². The number of phenolic OH excluding ortho intramolecular Hbond substituents is 2. The van der Waals surface area contributed by atoms with Gasteiger partial charge in [-0.2, -0.15) is 0 Å². The van der Waals surface area contributed by atoms with Crippen LogP contribution in [0, 0.1) is 10.8 Å². The summed E-state index contributed by atoms with van der Waals surface area (Å²) in [5.41, 5.74) is 6.31. The summed E-state index contributed by atoms with van der Waals surface area (Å²) in [6.07, 6.45) is 3.20. The number of hydrogen-bond acceptors (Lipinski definition) is 4. The van der Waals surface area contributed by atoms with Gasteiger partial charge in [-0.15, -0.1) is 0 Å². The van der Waals surface area contributed by atoms with Crippen molar-refractivity contribution in [2.45, 2.75) is 52.4 Å². The van der Waals surface area contributed by atoms with E-state index in [-0.39, 0.29) is 27.7 Å². The number of ether oxygens (including phenoxy) is 2. The molecule has 0 amide bonds. The molecule has 2 aliphatic carbocycles. The number of methoxy groups -OCH3 is 2. The van der Waals surface area contributed by atoms with Crippen molar-refractivity contribution in [3.63, 3.8) is 0 Å². The van der Waals surface area contributed by atoms with E-state index < -0.39 is 0 Å². The normalized spacial score (nSPS) is 18.3. The third kappa shape index (κ3) is 3.57. The van der Waals surface area contributed by atoms with E-state index in [1.54, 1.807) is 20.3 Å². The number of rotatable bonds is 3. The van der Waals surface area contributed by atoms with Crippen LogP contribution < -0.4 is 9.47 Å². The van der Waals surface area contributed by atoms with E-state index in [9.17, 15) is 10.2 Å². The topological polar surface area (TPSA) is 58.9 Å². The lowest BCUT2D eigenvalue weighted by atomic mass is 9.52. The molecule has 4 heteroatoms. The lowest BCUT2D eigenvalue weighted by molar-refractivity contribution is 0.0645. The van der Waals surface area contributed by atoms with Crippen LogP contribution in [0.25, 0.3) is 33.0 Å². The fraction of sp³-hybridized carbons (Fsp3) is 0.353. The number of phenols is 2. The molecule has 1 saturated carbocycles. The van der Waals surface area contributed by atoms with Crippen molar-refractivity contribution in [2.24, 2.45) is 10.8 Å². The quantitative estimate of drug-likeness (QED) is 0.291. The zero-order chi connectivity index (χ0) is 27.0. The summed E-state index contributed by atoms with van der Waals surface area (Å²) >= 11 is 0. The van der Waals surface area contributed by atoms with E-state index in [1.807, 2.05) is 30.3 Å². The first-order valence-corrected chi connectivity index (χ1v) is 13.3. The zero-order valence-corrected chi connectivity index (χ0v) is 23.1. The minimum Gasteiger partial charge on any atom is -0.507 e. The van der Waals surface area contributed by atoms with Crippen molar-refractivity contribution in [2.75, 3.05) is 14.2 Å². The largest absolute Gasteiger partial charge is 0.507 e. The Morgan fingerprint density at radius 1 is 0.632 bits per heavy atom. The van der Waals surface area contributed by atoms with Crippen LogP contribution in [0.3, 0.4) is 0 Å². The molecule has 1 fully saturated rings. The van der Waals surface area contributed by atoms with Crippen LogP contribution in [-0.4, -0.2) is 24.4 Å². The second-order valence-electron chi connectivity index (χ2n) is 12.8. The minimum atomic E-state index is -0.184. The highest BCUT2D eigenvalue weighted by atomic mass is 16.5. The van der Waals surface area contributed by atoms with E-state index in [0.717, 1.165) is 41.2 Å². The first-order chi connectivity index (χ1) is 18.0. The first-order valence-electron chi connectivity index (χ1n) is 13.3. The zero-order valence-electron chi connectivity index (χ0n) is 23.1. The molecule has 0 atom stereocenters. The molecule has 0 bridgehead atoms. The number of benzene rings is 4. The molecule has 4 aromatic rings. The Hall–Kier alpha value is -3.66. The molecule has 2 aliphatic rings.